The van der Waals surface area contributed by atoms with Gasteiger partial charge in [0.1, 0.15) is 0 Å². The van der Waals surface area contributed by atoms with Crippen LogP contribution in [0.2, 0.25) is 0 Å². The van der Waals surface area contributed by atoms with Gasteiger partial charge in [-0.2, -0.15) is 13.2 Å². The van der Waals surface area contributed by atoms with Crippen LogP contribution in [0, 0.1) is 0 Å². The maximum atomic E-state index is 13.6. The molecular weight excluding hydrogens is 557 g/mol. The SMILES string of the molecule is CN(CCNS(=O)(=O)CC=Cc1cc(S(=O)(=O)c2ccccc2)ccc1C(F)(F)F)C(=O)NC1CCNCC1. The second kappa shape index (κ2) is 12.9. The van der Waals surface area contributed by atoms with Gasteiger partial charge in [0.05, 0.1) is 21.1 Å². The summed E-state index contributed by atoms with van der Waals surface area (Å²) in [7, 11) is -6.49. The summed E-state index contributed by atoms with van der Waals surface area (Å²) in [6, 6.07) is 9.38. The molecule has 0 radical (unpaired) electrons. The molecule has 39 heavy (non-hydrogen) atoms. The number of carbonyl (C=O) groups is 1. The molecule has 0 spiro atoms. The molecule has 0 atom stereocenters. The van der Waals surface area contributed by atoms with Crippen LogP contribution in [0.5, 0.6) is 0 Å². The van der Waals surface area contributed by atoms with Crippen molar-refractivity contribution in [2.24, 2.45) is 0 Å². The van der Waals surface area contributed by atoms with Crippen molar-refractivity contribution in [2.75, 3.05) is 39.0 Å². The van der Waals surface area contributed by atoms with Crippen LogP contribution >= 0.6 is 0 Å². The lowest BCUT2D eigenvalue weighted by Gasteiger charge is -2.26. The zero-order valence-electron chi connectivity index (χ0n) is 21.2. The van der Waals surface area contributed by atoms with E-state index in [9.17, 15) is 34.8 Å². The molecule has 3 rings (SSSR count). The summed E-state index contributed by atoms with van der Waals surface area (Å²) >= 11 is 0. The summed E-state index contributed by atoms with van der Waals surface area (Å²) in [6.07, 6.45) is -1.24. The van der Waals surface area contributed by atoms with Crippen molar-refractivity contribution in [3.05, 3.63) is 65.7 Å². The number of sulfone groups is 1. The van der Waals surface area contributed by atoms with E-state index in [1.165, 1.54) is 36.2 Å². The van der Waals surface area contributed by atoms with Crippen molar-refractivity contribution in [2.45, 2.75) is 34.9 Å². The van der Waals surface area contributed by atoms with Crippen molar-refractivity contribution in [1.29, 1.82) is 0 Å². The van der Waals surface area contributed by atoms with E-state index < -0.39 is 42.9 Å². The first kappa shape index (κ1) is 30.6. The van der Waals surface area contributed by atoms with Gasteiger partial charge >= 0.3 is 12.2 Å². The minimum atomic E-state index is -4.79. The van der Waals surface area contributed by atoms with E-state index in [2.05, 4.69) is 15.4 Å². The van der Waals surface area contributed by atoms with E-state index >= 15 is 0 Å². The molecule has 1 aliphatic rings. The summed E-state index contributed by atoms with van der Waals surface area (Å²) < 4.78 is 93.5. The lowest BCUT2D eigenvalue weighted by Crippen LogP contribution is -2.48. The van der Waals surface area contributed by atoms with Crippen molar-refractivity contribution in [3.63, 3.8) is 0 Å². The number of amides is 2. The number of rotatable bonds is 10. The number of benzene rings is 2. The van der Waals surface area contributed by atoms with Gasteiger partial charge in [0.25, 0.3) is 0 Å². The average molecular weight is 589 g/mol. The number of halogens is 3. The molecule has 3 N–H and O–H groups in total. The second-order valence-corrected chi connectivity index (χ2v) is 12.8. The van der Waals surface area contributed by atoms with Crippen LogP contribution in [-0.4, -0.2) is 72.8 Å². The molecule has 2 aromatic rings. The van der Waals surface area contributed by atoms with Crippen molar-refractivity contribution < 1.29 is 34.8 Å². The Balaban J connectivity index is 1.64. The van der Waals surface area contributed by atoms with Gasteiger partial charge in [-0.15, -0.1) is 0 Å². The standard InChI is InChI=1S/C25H31F3N4O5S2/c1-32(24(33)31-20-11-13-29-14-12-20)16-15-30-38(34,35)17-5-6-19-18-22(9-10-23(19)25(26,27)28)39(36,37)21-7-3-2-4-8-21/h2-10,18,20,29-30H,11-17H2,1H3,(H,31,33). The molecule has 0 bridgehead atoms. The molecule has 0 aromatic heterocycles. The normalized spacial score (nSPS) is 15.4. The van der Waals surface area contributed by atoms with Gasteiger partial charge in [-0.3, -0.25) is 0 Å². The van der Waals surface area contributed by atoms with Gasteiger partial charge in [0.15, 0.2) is 0 Å². The van der Waals surface area contributed by atoms with Crippen LogP contribution in [0.25, 0.3) is 6.08 Å². The Morgan fingerprint density at radius 2 is 1.72 bits per heavy atom. The van der Waals surface area contributed by atoms with Crippen molar-refractivity contribution >= 4 is 32.0 Å². The number of carbonyl (C=O) groups excluding carboxylic acids is 1. The van der Waals surface area contributed by atoms with Crippen molar-refractivity contribution in [3.8, 4) is 0 Å². The molecule has 1 saturated heterocycles. The molecule has 2 aromatic carbocycles. The number of nitrogens with zero attached hydrogens (tertiary/aromatic N) is 1. The molecule has 0 unspecified atom stereocenters. The number of urea groups is 1. The largest absolute Gasteiger partial charge is 0.416 e. The first-order valence-corrected chi connectivity index (χ1v) is 15.3. The lowest BCUT2D eigenvalue weighted by atomic mass is 10.1. The molecule has 2 amide bonds. The van der Waals surface area contributed by atoms with Gasteiger partial charge in [0.2, 0.25) is 19.9 Å². The van der Waals surface area contributed by atoms with E-state index in [1.807, 2.05) is 0 Å². The van der Waals surface area contributed by atoms with Crippen LogP contribution in [0.1, 0.15) is 24.0 Å². The smallest absolute Gasteiger partial charge is 0.335 e. The molecule has 0 saturated carbocycles. The number of nitrogens with one attached hydrogen (secondary N) is 3. The molecule has 1 aliphatic heterocycles. The Kier molecular flexibility index (Phi) is 10.2. The highest BCUT2D eigenvalue weighted by molar-refractivity contribution is 7.91. The summed E-state index contributed by atoms with van der Waals surface area (Å²) in [5.74, 6) is -0.648. The average Bonchev–Trinajstić information content (AvgIpc) is 2.88. The molecule has 1 fully saturated rings. The molecule has 14 heteroatoms. The van der Waals surface area contributed by atoms with E-state index in [-0.39, 0.29) is 35.0 Å². The number of hydrogen-bond acceptors (Lipinski definition) is 6. The molecule has 0 aliphatic carbocycles. The third-order valence-corrected chi connectivity index (χ3v) is 9.13. The predicted molar refractivity (Wildman–Crippen MR) is 141 cm³/mol. The monoisotopic (exact) mass is 588 g/mol. The van der Waals surface area contributed by atoms with E-state index in [1.54, 1.807) is 6.07 Å². The summed E-state index contributed by atoms with van der Waals surface area (Å²) in [4.78, 5) is 13.2. The maximum absolute atomic E-state index is 13.6. The first-order valence-electron chi connectivity index (χ1n) is 12.2. The molecule has 214 valence electrons. The molecule has 9 nitrogen and oxygen atoms in total. The zero-order valence-corrected chi connectivity index (χ0v) is 22.9. The fourth-order valence-corrected chi connectivity index (χ4v) is 6.11. The lowest BCUT2D eigenvalue weighted by molar-refractivity contribution is -0.137. The fourth-order valence-electron chi connectivity index (χ4n) is 3.92. The van der Waals surface area contributed by atoms with Crippen LogP contribution < -0.4 is 15.4 Å². The Labute approximate surface area is 226 Å². The number of sulfonamides is 1. The van der Waals surface area contributed by atoms with Crippen LogP contribution in [-0.2, 0) is 26.0 Å². The minimum Gasteiger partial charge on any atom is -0.335 e. The fraction of sp³-hybridized carbons (Fsp3) is 0.400. The third kappa shape index (κ3) is 8.78. The minimum absolute atomic E-state index is 0.0470. The Bertz CT molecular complexity index is 1380. The number of piperidine rings is 1. The number of likely N-dealkylation sites (N-methyl/N-ethyl adjacent to an activating group) is 1. The van der Waals surface area contributed by atoms with Gasteiger partial charge in [-0.1, -0.05) is 30.4 Å². The summed E-state index contributed by atoms with van der Waals surface area (Å²) in [5.41, 5.74) is -1.58. The predicted octanol–water partition coefficient (Wildman–Crippen LogP) is 2.86. The van der Waals surface area contributed by atoms with E-state index in [0.29, 0.717) is 6.07 Å². The highest BCUT2D eigenvalue weighted by Crippen LogP contribution is 2.34. The highest BCUT2D eigenvalue weighted by atomic mass is 32.2. The van der Waals surface area contributed by atoms with Crippen LogP contribution in [0.3, 0.4) is 0 Å². The summed E-state index contributed by atoms with van der Waals surface area (Å²) in [5, 5.41) is 6.08. The quantitative estimate of drug-likeness (QED) is 0.392. The maximum Gasteiger partial charge on any atom is 0.416 e. The van der Waals surface area contributed by atoms with Gasteiger partial charge < -0.3 is 15.5 Å². The van der Waals surface area contributed by atoms with Crippen LogP contribution in [0.15, 0.2) is 64.4 Å². The Hall–Kier alpha value is -2.94. The Morgan fingerprint density at radius 1 is 1.05 bits per heavy atom. The Morgan fingerprint density at radius 3 is 2.36 bits per heavy atom. The van der Waals surface area contributed by atoms with Gasteiger partial charge in [-0.05, 0) is 61.8 Å². The second-order valence-electron chi connectivity index (χ2n) is 9.04. The zero-order chi connectivity index (χ0) is 28.7. The summed E-state index contributed by atoms with van der Waals surface area (Å²) in [6.45, 7) is 1.60. The van der Waals surface area contributed by atoms with Crippen LogP contribution in [0.4, 0.5) is 18.0 Å². The van der Waals surface area contributed by atoms with Gasteiger partial charge in [-0.25, -0.2) is 26.4 Å². The third-order valence-electron chi connectivity index (χ3n) is 6.09. The van der Waals surface area contributed by atoms with E-state index in [0.717, 1.165) is 50.2 Å². The number of hydrogen-bond donors (Lipinski definition) is 3. The molecular formula is C25H31F3N4O5S2. The first-order chi connectivity index (χ1) is 18.3. The highest BCUT2D eigenvalue weighted by Gasteiger charge is 2.33. The molecule has 1 heterocycles. The topological polar surface area (TPSA) is 125 Å². The van der Waals surface area contributed by atoms with Crippen molar-refractivity contribution in [1.82, 2.24) is 20.3 Å². The van der Waals surface area contributed by atoms with Gasteiger partial charge in [0, 0.05) is 26.2 Å². The van der Waals surface area contributed by atoms with E-state index in [4.69, 9.17) is 0 Å². The number of alkyl halides is 3.